The second kappa shape index (κ2) is 9.79. The lowest BCUT2D eigenvalue weighted by molar-refractivity contribution is -0.135. The number of aromatic hydroxyl groups is 2. The van der Waals surface area contributed by atoms with Crippen molar-refractivity contribution in [1.82, 2.24) is 15.2 Å². The molecule has 2 aromatic rings. The van der Waals surface area contributed by atoms with Gasteiger partial charge in [0, 0.05) is 11.6 Å². The van der Waals surface area contributed by atoms with Crippen LogP contribution in [-0.4, -0.2) is 50.8 Å². The summed E-state index contributed by atoms with van der Waals surface area (Å²) < 4.78 is 0.706. The highest BCUT2D eigenvalue weighted by Crippen LogP contribution is 2.29. The third-order valence-corrected chi connectivity index (χ3v) is 4.46. The van der Waals surface area contributed by atoms with Crippen molar-refractivity contribution in [3.63, 3.8) is 0 Å². The molecule has 0 saturated heterocycles. The van der Waals surface area contributed by atoms with Gasteiger partial charge >= 0.3 is 5.97 Å². The molecule has 1 aromatic heterocycles. The van der Waals surface area contributed by atoms with Crippen LogP contribution in [-0.2, 0) is 11.3 Å². The number of carbonyl (C=O) groups excluding carboxylic acids is 2. The van der Waals surface area contributed by atoms with Crippen LogP contribution in [0.15, 0.2) is 29.1 Å². The Morgan fingerprint density at radius 2 is 1.70 bits per heavy atom. The molecule has 0 atom stereocenters. The summed E-state index contributed by atoms with van der Waals surface area (Å²) in [5.74, 6) is -5.48. The molecule has 30 heavy (non-hydrogen) atoms. The molecule has 160 valence electrons. The Labute approximate surface area is 175 Å². The average Bonchev–Trinajstić information content (AvgIpc) is 2.69. The van der Waals surface area contributed by atoms with Gasteiger partial charge in [-0.05, 0) is 18.1 Å². The van der Waals surface area contributed by atoms with Crippen LogP contribution in [0.3, 0.4) is 0 Å². The van der Waals surface area contributed by atoms with E-state index in [1.165, 1.54) is 0 Å². The Bertz CT molecular complexity index is 1050. The van der Waals surface area contributed by atoms with Crippen LogP contribution in [0.25, 0.3) is 0 Å². The highest BCUT2D eigenvalue weighted by atomic mass is 35.5. The SMILES string of the molecule is CCCNC(=O)c1c(O)c(C(=O)NCC(=O)O)c(O)n(Cc2ccccc2Cl)c1=O. The lowest BCUT2D eigenvalue weighted by atomic mass is 10.1. The minimum absolute atomic E-state index is 0.198. The summed E-state index contributed by atoms with van der Waals surface area (Å²) in [6, 6.07) is 6.41. The number of hydrogen-bond donors (Lipinski definition) is 5. The van der Waals surface area contributed by atoms with E-state index in [1.54, 1.807) is 31.2 Å². The van der Waals surface area contributed by atoms with Gasteiger partial charge in [-0.1, -0.05) is 36.7 Å². The van der Waals surface area contributed by atoms with E-state index in [-0.39, 0.29) is 18.1 Å². The predicted octanol–water partition coefficient (Wildman–Crippen LogP) is 0.915. The number of aromatic nitrogens is 1. The van der Waals surface area contributed by atoms with Crippen molar-refractivity contribution in [2.45, 2.75) is 19.9 Å². The summed E-state index contributed by atoms with van der Waals surface area (Å²) in [4.78, 5) is 48.5. The van der Waals surface area contributed by atoms with E-state index in [0.717, 1.165) is 0 Å². The first-order chi connectivity index (χ1) is 14.2. The molecule has 0 aliphatic rings. The van der Waals surface area contributed by atoms with E-state index < -0.39 is 52.6 Å². The summed E-state index contributed by atoms with van der Waals surface area (Å²) in [5, 5.41) is 34.4. The summed E-state index contributed by atoms with van der Waals surface area (Å²) in [7, 11) is 0. The molecule has 2 amide bonds. The number of rotatable bonds is 8. The molecule has 1 aromatic carbocycles. The van der Waals surface area contributed by atoms with E-state index in [9.17, 15) is 29.4 Å². The molecule has 0 bridgehead atoms. The van der Waals surface area contributed by atoms with Gasteiger partial charge in [-0.2, -0.15) is 0 Å². The van der Waals surface area contributed by atoms with Crippen molar-refractivity contribution in [3.8, 4) is 11.6 Å². The van der Waals surface area contributed by atoms with Gasteiger partial charge < -0.3 is 26.0 Å². The maximum atomic E-state index is 12.9. The second-order valence-electron chi connectivity index (χ2n) is 6.24. The topological polar surface area (TPSA) is 158 Å². The minimum Gasteiger partial charge on any atom is -0.506 e. The lowest BCUT2D eigenvalue weighted by Gasteiger charge is -2.17. The third kappa shape index (κ3) is 4.90. The van der Waals surface area contributed by atoms with E-state index in [4.69, 9.17) is 16.7 Å². The van der Waals surface area contributed by atoms with Gasteiger partial charge in [0.1, 0.15) is 17.7 Å². The van der Waals surface area contributed by atoms with Crippen molar-refractivity contribution in [2.75, 3.05) is 13.1 Å². The van der Waals surface area contributed by atoms with E-state index in [0.29, 0.717) is 16.6 Å². The number of carboxylic acids is 1. The molecular weight excluding hydrogens is 418 g/mol. The van der Waals surface area contributed by atoms with Crippen LogP contribution in [0.4, 0.5) is 0 Å². The maximum absolute atomic E-state index is 12.9. The molecule has 10 nitrogen and oxygen atoms in total. The van der Waals surface area contributed by atoms with Gasteiger partial charge in [-0.3, -0.25) is 23.7 Å². The number of carbonyl (C=O) groups is 3. The first kappa shape index (κ1) is 22.8. The number of pyridine rings is 1. The van der Waals surface area contributed by atoms with Gasteiger partial charge in [0.05, 0.1) is 6.54 Å². The molecule has 11 heteroatoms. The van der Waals surface area contributed by atoms with Gasteiger partial charge in [-0.25, -0.2) is 0 Å². The van der Waals surface area contributed by atoms with Crippen molar-refractivity contribution in [2.24, 2.45) is 0 Å². The zero-order chi connectivity index (χ0) is 22.4. The highest BCUT2D eigenvalue weighted by Gasteiger charge is 2.30. The molecule has 0 aliphatic heterocycles. The fraction of sp³-hybridized carbons (Fsp3) is 0.263. The van der Waals surface area contributed by atoms with Gasteiger partial charge in [0.15, 0.2) is 5.75 Å². The Balaban J connectivity index is 2.67. The number of amides is 2. The predicted molar refractivity (Wildman–Crippen MR) is 107 cm³/mol. The molecule has 0 aliphatic carbocycles. The van der Waals surface area contributed by atoms with Crippen LogP contribution in [0.2, 0.25) is 5.02 Å². The normalized spacial score (nSPS) is 10.5. The van der Waals surface area contributed by atoms with E-state index in [2.05, 4.69) is 5.32 Å². The fourth-order valence-corrected chi connectivity index (χ4v) is 2.82. The first-order valence-electron chi connectivity index (χ1n) is 8.89. The number of benzene rings is 1. The summed E-state index contributed by atoms with van der Waals surface area (Å²) >= 11 is 6.10. The van der Waals surface area contributed by atoms with Crippen LogP contribution in [0.1, 0.15) is 39.6 Å². The number of halogens is 1. The lowest BCUT2D eigenvalue weighted by Crippen LogP contribution is -2.36. The largest absolute Gasteiger partial charge is 0.506 e. The van der Waals surface area contributed by atoms with Crippen molar-refractivity contribution >= 4 is 29.4 Å². The highest BCUT2D eigenvalue weighted by molar-refractivity contribution is 6.31. The Kier molecular flexibility index (Phi) is 7.43. The van der Waals surface area contributed by atoms with Crippen LogP contribution >= 0.6 is 11.6 Å². The van der Waals surface area contributed by atoms with Crippen molar-refractivity contribution < 1.29 is 29.7 Å². The summed E-state index contributed by atoms with van der Waals surface area (Å²) in [5.41, 5.74) is -2.20. The third-order valence-electron chi connectivity index (χ3n) is 4.09. The minimum atomic E-state index is -1.37. The van der Waals surface area contributed by atoms with Crippen molar-refractivity contribution in [3.05, 3.63) is 56.3 Å². The molecule has 1 heterocycles. The first-order valence-corrected chi connectivity index (χ1v) is 9.27. The molecule has 0 saturated carbocycles. The Morgan fingerprint density at radius 1 is 1.07 bits per heavy atom. The molecule has 0 fully saturated rings. The molecule has 0 radical (unpaired) electrons. The summed E-state index contributed by atoms with van der Waals surface area (Å²) in [6.07, 6.45) is 0.546. The molecule has 0 unspecified atom stereocenters. The molecule has 0 spiro atoms. The standard InChI is InChI=1S/C19H20ClN3O7/c1-2-7-21-16(27)13-15(26)14(17(28)22-8-12(24)25)19(30)23(18(13)29)9-10-5-3-4-6-11(10)20/h3-6,26,30H,2,7-9H2,1H3,(H,21,27)(H,22,28)(H,24,25). The monoisotopic (exact) mass is 437 g/mol. The van der Waals surface area contributed by atoms with Gasteiger partial charge in [-0.15, -0.1) is 0 Å². The number of aliphatic carboxylic acids is 1. The van der Waals surface area contributed by atoms with Gasteiger partial charge in [0.25, 0.3) is 17.4 Å². The fourth-order valence-electron chi connectivity index (χ4n) is 2.63. The average molecular weight is 438 g/mol. The van der Waals surface area contributed by atoms with Crippen LogP contribution in [0, 0.1) is 0 Å². The molecule has 2 rings (SSSR count). The zero-order valence-electron chi connectivity index (χ0n) is 15.9. The number of nitrogens with zero attached hydrogens (tertiary/aromatic N) is 1. The Morgan fingerprint density at radius 3 is 2.30 bits per heavy atom. The molecular formula is C19H20ClN3O7. The van der Waals surface area contributed by atoms with Crippen LogP contribution < -0.4 is 16.2 Å². The van der Waals surface area contributed by atoms with E-state index >= 15 is 0 Å². The number of carboxylic acid groups (broad SMARTS) is 1. The zero-order valence-corrected chi connectivity index (χ0v) is 16.7. The number of nitrogens with one attached hydrogen (secondary N) is 2. The quantitative estimate of drug-likeness (QED) is 0.410. The number of hydrogen-bond acceptors (Lipinski definition) is 6. The smallest absolute Gasteiger partial charge is 0.322 e. The van der Waals surface area contributed by atoms with Gasteiger partial charge in [0.2, 0.25) is 5.88 Å². The summed E-state index contributed by atoms with van der Waals surface area (Å²) in [6.45, 7) is 0.859. The Hall–Kier alpha value is -3.53. The second-order valence-corrected chi connectivity index (χ2v) is 6.64. The van der Waals surface area contributed by atoms with Crippen LogP contribution in [0.5, 0.6) is 11.6 Å². The van der Waals surface area contributed by atoms with Crippen molar-refractivity contribution in [1.29, 1.82) is 0 Å². The maximum Gasteiger partial charge on any atom is 0.322 e. The van der Waals surface area contributed by atoms with E-state index in [1.807, 2.05) is 5.32 Å². The molecule has 5 N–H and O–H groups in total.